The van der Waals surface area contributed by atoms with Crippen molar-refractivity contribution in [3.8, 4) is 11.5 Å². The molecule has 3 aliphatic rings. The number of anilines is 2. The number of aldehydes is 1. The average Bonchev–Trinajstić information content (AvgIpc) is 3.91. The molecule has 5 heterocycles. The zero-order valence-corrected chi connectivity index (χ0v) is 27.0. The van der Waals surface area contributed by atoms with Gasteiger partial charge in [0, 0.05) is 40.8 Å². The number of phenolic OH excluding ortho intramolecular Hbond substituents is 1. The lowest BCUT2D eigenvalue weighted by molar-refractivity contribution is 0.112. The molecular formula is C39H41N5O3. The number of fused-ring (bicyclic) bond motifs is 5. The molecule has 0 spiro atoms. The highest BCUT2D eigenvalue weighted by Gasteiger charge is 2.28. The zero-order valence-electron chi connectivity index (χ0n) is 27.0. The van der Waals surface area contributed by atoms with Crippen LogP contribution < -0.4 is 14.5 Å². The first kappa shape index (κ1) is 29.5. The fourth-order valence-electron chi connectivity index (χ4n) is 7.97. The first-order chi connectivity index (χ1) is 22.9. The number of aromatic hydroxyl groups is 1. The molecule has 8 rings (SSSR count). The average molecular weight is 628 g/mol. The van der Waals surface area contributed by atoms with Gasteiger partial charge in [0.25, 0.3) is 0 Å². The molecule has 1 fully saturated rings. The summed E-state index contributed by atoms with van der Waals surface area (Å²) in [7, 11) is 1.44. The van der Waals surface area contributed by atoms with Crippen molar-refractivity contribution in [2.75, 3.05) is 49.6 Å². The number of carbonyl (C=O) groups excluding carboxylic acids is 1. The Hall–Kier alpha value is -4.95. The second-order valence-electron chi connectivity index (χ2n) is 13.1. The zero-order chi connectivity index (χ0) is 32.2. The summed E-state index contributed by atoms with van der Waals surface area (Å²) in [5, 5.41) is 12.3. The quantitative estimate of drug-likeness (QED) is 0.141. The molecule has 0 atom stereocenters. The number of aromatic nitrogens is 2. The van der Waals surface area contributed by atoms with E-state index in [2.05, 4.69) is 74.2 Å². The van der Waals surface area contributed by atoms with Crippen LogP contribution in [-0.2, 0) is 19.3 Å². The molecular weight excluding hydrogens is 586 g/mol. The van der Waals surface area contributed by atoms with Gasteiger partial charge in [-0.05, 0) is 111 Å². The van der Waals surface area contributed by atoms with Crippen LogP contribution in [0.4, 0.5) is 11.4 Å². The molecule has 240 valence electrons. The van der Waals surface area contributed by atoms with E-state index in [4.69, 9.17) is 4.74 Å². The Kier molecular flexibility index (Phi) is 7.33. The Labute approximate surface area is 274 Å². The van der Waals surface area contributed by atoms with Gasteiger partial charge < -0.3 is 34.5 Å². The SMILES string of the molecule is C=C(c1cc2c3c(ccc2[nH]1)N(C(=C)c1cc2cc(O)c(OC)c(C=O)c2[nH]1)CC3)N1CCc2ccc(CCCN3CCCC3)cc21. The van der Waals surface area contributed by atoms with E-state index in [1.165, 1.54) is 73.8 Å². The number of nitrogens with zero attached hydrogens (tertiary/aromatic N) is 3. The Morgan fingerprint density at radius 1 is 0.915 bits per heavy atom. The number of phenols is 1. The number of carbonyl (C=O) groups is 1. The van der Waals surface area contributed by atoms with Crippen molar-refractivity contribution < 1.29 is 14.6 Å². The summed E-state index contributed by atoms with van der Waals surface area (Å²) >= 11 is 0. The molecule has 3 aliphatic heterocycles. The lowest BCUT2D eigenvalue weighted by Crippen LogP contribution is -2.20. The molecule has 3 aromatic carbocycles. The third kappa shape index (κ3) is 4.99. The minimum atomic E-state index is -0.0669. The van der Waals surface area contributed by atoms with Crippen molar-refractivity contribution in [3.05, 3.63) is 95.3 Å². The number of methoxy groups -OCH3 is 1. The molecule has 8 heteroatoms. The van der Waals surface area contributed by atoms with E-state index < -0.39 is 0 Å². The summed E-state index contributed by atoms with van der Waals surface area (Å²) in [5.41, 5.74) is 12.2. The van der Waals surface area contributed by atoms with E-state index in [9.17, 15) is 9.90 Å². The number of benzene rings is 3. The Bertz CT molecular complexity index is 2060. The number of aryl methyl sites for hydroxylation is 1. The Balaban J connectivity index is 1.03. The van der Waals surface area contributed by atoms with E-state index in [0.717, 1.165) is 71.7 Å². The molecule has 47 heavy (non-hydrogen) atoms. The van der Waals surface area contributed by atoms with Crippen molar-refractivity contribution in [1.82, 2.24) is 14.9 Å². The monoisotopic (exact) mass is 627 g/mol. The van der Waals surface area contributed by atoms with Crippen LogP contribution in [0, 0.1) is 0 Å². The van der Waals surface area contributed by atoms with Crippen molar-refractivity contribution >= 4 is 50.9 Å². The van der Waals surface area contributed by atoms with Crippen LogP contribution in [0.2, 0.25) is 0 Å². The van der Waals surface area contributed by atoms with Gasteiger partial charge in [0.1, 0.15) is 0 Å². The lowest BCUT2D eigenvalue weighted by Gasteiger charge is -2.22. The number of rotatable bonds is 10. The first-order valence-corrected chi connectivity index (χ1v) is 16.7. The highest BCUT2D eigenvalue weighted by molar-refractivity contribution is 6.03. The molecule has 0 unspecified atom stereocenters. The summed E-state index contributed by atoms with van der Waals surface area (Å²) in [6, 6.07) is 17.1. The van der Waals surface area contributed by atoms with Crippen LogP contribution in [0.3, 0.4) is 0 Å². The summed E-state index contributed by atoms with van der Waals surface area (Å²) in [6.07, 6.45) is 7.63. The third-order valence-corrected chi connectivity index (χ3v) is 10.4. The largest absolute Gasteiger partial charge is 0.504 e. The van der Waals surface area contributed by atoms with E-state index >= 15 is 0 Å². The third-order valence-electron chi connectivity index (χ3n) is 10.4. The Morgan fingerprint density at radius 3 is 2.47 bits per heavy atom. The number of ether oxygens (including phenoxy) is 1. The summed E-state index contributed by atoms with van der Waals surface area (Å²) in [5.74, 6) is 0.0962. The molecule has 8 nitrogen and oxygen atoms in total. The predicted octanol–water partition coefficient (Wildman–Crippen LogP) is 7.27. The van der Waals surface area contributed by atoms with E-state index in [1.807, 2.05) is 6.07 Å². The van der Waals surface area contributed by atoms with Crippen LogP contribution in [0.1, 0.15) is 57.7 Å². The van der Waals surface area contributed by atoms with Gasteiger partial charge in [-0.25, -0.2) is 0 Å². The minimum Gasteiger partial charge on any atom is -0.504 e. The van der Waals surface area contributed by atoms with Crippen LogP contribution >= 0.6 is 0 Å². The highest BCUT2D eigenvalue weighted by atomic mass is 16.5. The molecule has 1 saturated heterocycles. The molecule has 5 aromatic rings. The predicted molar refractivity (Wildman–Crippen MR) is 191 cm³/mol. The normalized spacial score (nSPS) is 15.9. The molecule has 2 aromatic heterocycles. The van der Waals surface area contributed by atoms with Gasteiger partial charge in [-0.15, -0.1) is 0 Å². The Morgan fingerprint density at radius 2 is 1.68 bits per heavy atom. The second-order valence-corrected chi connectivity index (χ2v) is 13.1. The fourth-order valence-corrected chi connectivity index (χ4v) is 7.97. The van der Waals surface area contributed by atoms with E-state index in [0.29, 0.717) is 17.4 Å². The van der Waals surface area contributed by atoms with Crippen LogP contribution in [0.15, 0.2) is 61.7 Å². The second kappa shape index (κ2) is 11.7. The number of hydrogen-bond donors (Lipinski definition) is 3. The van der Waals surface area contributed by atoms with E-state index in [1.54, 1.807) is 6.07 Å². The standard InChI is InChI=1S/C39H41N5O3/c1-24(33-20-28-21-37(46)39(47-3)31(23-45)38(28)41-33)43-18-13-29-30-22-34(40-32(30)10-11-35(29)43)25(2)44-17-12-27-9-8-26(19-36(27)44)7-6-16-42-14-4-5-15-42/h8-11,19-23,40-41,46H,1-2,4-7,12-18H2,3H3. The highest BCUT2D eigenvalue weighted by Crippen LogP contribution is 2.42. The van der Waals surface area contributed by atoms with Gasteiger partial charge in [0.2, 0.25) is 0 Å². The smallest absolute Gasteiger partial charge is 0.173 e. The van der Waals surface area contributed by atoms with Crippen molar-refractivity contribution in [3.63, 3.8) is 0 Å². The van der Waals surface area contributed by atoms with Gasteiger partial charge in [-0.3, -0.25) is 4.79 Å². The van der Waals surface area contributed by atoms with Gasteiger partial charge in [0.15, 0.2) is 17.8 Å². The number of nitrogens with one attached hydrogen (secondary N) is 2. The molecule has 3 N–H and O–H groups in total. The topological polar surface area (TPSA) is 87.8 Å². The maximum absolute atomic E-state index is 11.9. The number of aromatic amines is 2. The van der Waals surface area contributed by atoms with Crippen LogP contribution in [-0.4, -0.2) is 66.1 Å². The summed E-state index contributed by atoms with van der Waals surface area (Å²) in [6.45, 7) is 14.5. The molecule has 0 bridgehead atoms. The fraction of sp³-hybridized carbons (Fsp3) is 0.308. The van der Waals surface area contributed by atoms with Crippen LogP contribution in [0.25, 0.3) is 33.2 Å². The maximum Gasteiger partial charge on any atom is 0.173 e. The van der Waals surface area contributed by atoms with Crippen molar-refractivity contribution in [2.24, 2.45) is 0 Å². The first-order valence-electron chi connectivity index (χ1n) is 16.7. The van der Waals surface area contributed by atoms with Crippen molar-refractivity contribution in [1.29, 1.82) is 0 Å². The van der Waals surface area contributed by atoms with Crippen molar-refractivity contribution in [2.45, 2.75) is 38.5 Å². The summed E-state index contributed by atoms with van der Waals surface area (Å²) < 4.78 is 5.29. The van der Waals surface area contributed by atoms with E-state index in [-0.39, 0.29) is 11.5 Å². The molecule has 0 saturated carbocycles. The number of H-pyrrole nitrogens is 2. The number of likely N-dealkylation sites (tertiary alicyclic amines) is 1. The molecule has 0 aliphatic carbocycles. The van der Waals surface area contributed by atoms with Gasteiger partial charge in [-0.2, -0.15) is 0 Å². The number of hydrogen-bond acceptors (Lipinski definition) is 6. The maximum atomic E-state index is 11.9. The van der Waals surface area contributed by atoms with Crippen LogP contribution in [0.5, 0.6) is 11.5 Å². The van der Waals surface area contributed by atoms with Gasteiger partial charge >= 0.3 is 0 Å². The lowest BCUT2D eigenvalue weighted by atomic mass is 10.0. The molecule has 0 amide bonds. The molecule has 0 radical (unpaired) electrons. The van der Waals surface area contributed by atoms with Gasteiger partial charge in [-0.1, -0.05) is 25.3 Å². The van der Waals surface area contributed by atoms with Gasteiger partial charge in [0.05, 0.1) is 41.0 Å². The summed E-state index contributed by atoms with van der Waals surface area (Å²) in [4.78, 5) is 26.1. The minimum absolute atomic E-state index is 0.0669.